The maximum absolute atomic E-state index is 12.3. The molecule has 1 heterocycles. The number of piperidine rings is 1. The van der Waals surface area contributed by atoms with Crippen molar-refractivity contribution in [2.24, 2.45) is 5.41 Å². The summed E-state index contributed by atoms with van der Waals surface area (Å²) in [5, 5.41) is 6.62. The zero-order valence-electron chi connectivity index (χ0n) is 13.0. The number of aryl methyl sites for hydroxylation is 2. The molecular formula is C17H26N2O. The summed E-state index contributed by atoms with van der Waals surface area (Å²) in [5.74, 6) is 0.138. The molecule has 0 spiro atoms. The van der Waals surface area contributed by atoms with Crippen molar-refractivity contribution < 1.29 is 4.79 Å². The average Bonchev–Trinajstić information content (AvgIpc) is 2.36. The number of nitrogens with one attached hydrogen (secondary N) is 2. The van der Waals surface area contributed by atoms with Crippen molar-refractivity contribution in [1.29, 1.82) is 0 Å². The minimum atomic E-state index is 0.121. The minimum absolute atomic E-state index is 0.121. The van der Waals surface area contributed by atoms with Crippen LogP contribution in [-0.4, -0.2) is 25.0 Å². The first-order valence-corrected chi connectivity index (χ1v) is 7.45. The van der Waals surface area contributed by atoms with Crippen LogP contribution in [0.15, 0.2) is 18.2 Å². The molecule has 1 amide bonds. The van der Waals surface area contributed by atoms with Crippen molar-refractivity contribution in [2.45, 2.75) is 46.6 Å². The smallest absolute Gasteiger partial charge is 0.224 e. The molecule has 3 heteroatoms. The largest absolute Gasteiger partial charge is 0.352 e. The van der Waals surface area contributed by atoms with Crippen LogP contribution in [0.5, 0.6) is 0 Å². The Bertz CT molecular complexity index is 494. The molecule has 1 aliphatic rings. The molecule has 1 fully saturated rings. The van der Waals surface area contributed by atoms with E-state index in [-0.39, 0.29) is 17.4 Å². The SMILES string of the molecule is Cc1ccc(C)c(CC(=O)NC2CCNCC2(C)C)c1. The van der Waals surface area contributed by atoms with Gasteiger partial charge < -0.3 is 10.6 Å². The van der Waals surface area contributed by atoms with Crippen LogP contribution < -0.4 is 10.6 Å². The molecule has 110 valence electrons. The van der Waals surface area contributed by atoms with Gasteiger partial charge in [0.15, 0.2) is 0 Å². The fourth-order valence-electron chi connectivity index (χ4n) is 2.85. The van der Waals surface area contributed by atoms with Crippen molar-refractivity contribution in [1.82, 2.24) is 10.6 Å². The van der Waals surface area contributed by atoms with Gasteiger partial charge in [0.25, 0.3) is 0 Å². The van der Waals surface area contributed by atoms with Crippen molar-refractivity contribution in [2.75, 3.05) is 13.1 Å². The molecule has 0 aromatic heterocycles. The molecule has 1 aliphatic heterocycles. The van der Waals surface area contributed by atoms with E-state index in [1.54, 1.807) is 0 Å². The number of amides is 1. The Labute approximate surface area is 122 Å². The molecular weight excluding hydrogens is 248 g/mol. The summed E-state index contributed by atoms with van der Waals surface area (Å²) in [6.45, 7) is 10.5. The monoisotopic (exact) mass is 274 g/mol. The molecule has 3 nitrogen and oxygen atoms in total. The van der Waals surface area contributed by atoms with E-state index in [2.05, 4.69) is 56.5 Å². The van der Waals surface area contributed by atoms with Crippen LogP contribution >= 0.6 is 0 Å². The van der Waals surface area contributed by atoms with E-state index < -0.39 is 0 Å². The molecule has 20 heavy (non-hydrogen) atoms. The highest BCUT2D eigenvalue weighted by Gasteiger charge is 2.33. The molecule has 1 unspecified atom stereocenters. The molecule has 0 bridgehead atoms. The van der Waals surface area contributed by atoms with Crippen molar-refractivity contribution in [3.05, 3.63) is 34.9 Å². The fraction of sp³-hybridized carbons (Fsp3) is 0.588. The molecule has 2 rings (SSSR count). The summed E-state index contributed by atoms with van der Waals surface area (Å²) in [6.07, 6.45) is 1.49. The Morgan fingerprint density at radius 3 is 2.85 bits per heavy atom. The number of benzene rings is 1. The number of hydrogen-bond acceptors (Lipinski definition) is 2. The summed E-state index contributed by atoms with van der Waals surface area (Å²) >= 11 is 0. The molecule has 0 aliphatic carbocycles. The van der Waals surface area contributed by atoms with Crippen molar-refractivity contribution in [3.8, 4) is 0 Å². The molecule has 1 aromatic carbocycles. The molecule has 1 aromatic rings. The first-order chi connectivity index (χ1) is 9.38. The first kappa shape index (κ1) is 15.0. The Balaban J connectivity index is 2.00. The molecule has 0 radical (unpaired) electrons. The van der Waals surface area contributed by atoms with Crippen LogP contribution in [0.4, 0.5) is 0 Å². The lowest BCUT2D eigenvalue weighted by molar-refractivity contribution is -0.122. The molecule has 0 saturated carbocycles. The summed E-state index contributed by atoms with van der Waals surface area (Å²) < 4.78 is 0. The number of carbonyl (C=O) groups is 1. The topological polar surface area (TPSA) is 41.1 Å². The Kier molecular flexibility index (Phi) is 4.48. The van der Waals surface area contributed by atoms with Gasteiger partial charge in [0.1, 0.15) is 0 Å². The first-order valence-electron chi connectivity index (χ1n) is 7.45. The van der Waals surface area contributed by atoms with Crippen LogP contribution in [0, 0.1) is 19.3 Å². The fourth-order valence-corrected chi connectivity index (χ4v) is 2.85. The van der Waals surface area contributed by atoms with Gasteiger partial charge in [-0.3, -0.25) is 4.79 Å². The van der Waals surface area contributed by atoms with Crippen molar-refractivity contribution in [3.63, 3.8) is 0 Å². The summed E-state index contributed by atoms with van der Waals surface area (Å²) in [7, 11) is 0. The second-order valence-electron chi connectivity index (χ2n) is 6.68. The summed E-state index contributed by atoms with van der Waals surface area (Å²) in [5.41, 5.74) is 3.65. The van der Waals surface area contributed by atoms with E-state index in [1.165, 1.54) is 11.1 Å². The third kappa shape index (κ3) is 3.60. The third-order valence-corrected chi connectivity index (χ3v) is 4.32. The highest BCUT2D eigenvalue weighted by atomic mass is 16.1. The van der Waals surface area contributed by atoms with Gasteiger partial charge >= 0.3 is 0 Å². The standard InChI is InChI=1S/C17H26N2O/c1-12-5-6-13(2)14(9-12)10-16(20)19-15-7-8-18-11-17(15,3)4/h5-6,9,15,18H,7-8,10-11H2,1-4H3,(H,19,20). The average molecular weight is 274 g/mol. The quantitative estimate of drug-likeness (QED) is 0.888. The lowest BCUT2D eigenvalue weighted by atomic mass is 9.80. The van der Waals surface area contributed by atoms with E-state index in [1.807, 2.05) is 0 Å². The zero-order chi connectivity index (χ0) is 14.8. The molecule has 1 atom stereocenters. The van der Waals surface area contributed by atoms with Gasteiger partial charge in [-0.1, -0.05) is 37.6 Å². The van der Waals surface area contributed by atoms with Crippen LogP contribution in [0.25, 0.3) is 0 Å². The number of carbonyl (C=O) groups excluding carboxylic acids is 1. The summed E-state index contributed by atoms with van der Waals surface area (Å²) in [4.78, 5) is 12.3. The predicted molar refractivity (Wildman–Crippen MR) is 82.8 cm³/mol. The lowest BCUT2D eigenvalue weighted by Crippen LogP contribution is -2.54. The van der Waals surface area contributed by atoms with E-state index in [0.29, 0.717) is 6.42 Å². The van der Waals surface area contributed by atoms with Gasteiger partial charge in [0.2, 0.25) is 5.91 Å². The van der Waals surface area contributed by atoms with Gasteiger partial charge in [-0.25, -0.2) is 0 Å². The molecule has 2 N–H and O–H groups in total. The van der Waals surface area contributed by atoms with E-state index in [0.717, 1.165) is 25.1 Å². The van der Waals surface area contributed by atoms with Gasteiger partial charge in [-0.15, -0.1) is 0 Å². The predicted octanol–water partition coefficient (Wildman–Crippen LogP) is 2.35. The minimum Gasteiger partial charge on any atom is -0.352 e. The number of hydrogen-bond donors (Lipinski definition) is 2. The second-order valence-corrected chi connectivity index (χ2v) is 6.68. The molecule has 1 saturated heterocycles. The lowest BCUT2D eigenvalue weighted by Gasteiger charge is -2.39. The number of rotatable bonds is 3. The van der Waals surface area contributed by atoms with Crippen LogP contribution in [-0.2, 0) is 11.2 Å². The second kappa shape index (κ2) is 5.96. The summed E-state index contributed by atoms with van der Waals surface area (Å²) in [6, 6.07) is 6.56. The zero-order valence-corrected chi connectivity index (χ0v) is 13.0. The van der Waals surface area contributed by atoms with Crippen LogP contribution in [0.2, 0.25) is 0 Å². The Hall–Kier alpha value is -1.35. The van der Waals surface area contributed by atoms with Crippen LogP contribution in [0.1, 0.15) is 37.0 Å². The van der Waals surface area contributed by atoms with E-state index in [4.69, 9.17) is 0 Å². The van der Waals surface area contributed by atoms with Crippen molar-refractivity contribution >= 4 is 5.91 Å². The third-order valence-electron chi connectivity index (χ3n) is 4.32. The van der Waals surface area contributed by atoms with E-state index >= 15 is 0 Å². The maximum atomic E-state index is 12.3. The van der Waals surface area contributed by atoms with Crippen LogP contribution in [0.3, 0.4) is 0 Å². The highest BCUT2D eigenvalue weighted by molar-refractivity contribution is 5.79. The highest BCUT2D eigenvalue weighted by Crippen LogP contribution is 2.25. The normalized spacial score (nSPS) is 21.5. The Morgan fingerprint density at radius 1 is 1.40 bits per heavy atom. The van der Waals surface area contributed by atoms with Gasteiger partial charge in [0.05, 0.1) is 6.42 Å². The van der Waals surface area contributed by atoms with Gasteiger partial charge in [-0.05, 0) is 43.4 Å². The van der Waals surface area contributed by atoms with Gasteiger partial charge in [-0.2, -0.15) is 0 Å². The Morgan fingerprint density at radius 2 is 2.15 bits per heavy atom. The van der Waals surface area contributed by atoms with E-state index in [9.17, 15) is 4.79 Å². The van der Waals surface area contributed by atoms with Gasteiger partial charge in [0, 0.05) is 12.6 Å². The maximum Gasteiger partial charge on any atom is 0.224 e.